The molecular formula is C12H14BrF3N2O3. The average molecular weight is 371 g/mol. The number of alkyl halides is 3. The lowest BCUT2D eigenvalue weighted by Gasteiger charge is -2.14. The molecule has 9 heteroatoms. The van der Waals surface area contributed by atoms with Gasteiger partial charge < -0.3 is 20.5 Å². The molecule has 0 spiro atoms. The molecule has 0 saturated heterocycles. The lowest BCUT2D eigenvalue weighted by atomic mass is 10.2. The Morgan fingerprint density at radius 1 is 1.43 bits per heavy atom. The van der Waals surface area contributed by atoms with E-state index in [4.69, 9.17) is 15.2 Å². The third kappa shape index (κ3) is 5.80. The molecule has 3 N–H and O–H groups in total. The summed E-state index contributed by atoms with van der Waals surface area (Å²) in [5, 5.41) is 1.71. The lowest BCUT2D eigenvalue weighted by molar-refractivity contribution is -0.139. The molecule has 21 heavy (non-hydrogen) atoms. The van der Waals surface area contributed by atoms with Crippen LogP contribution in [0.4, 0.5) is 13.2 Å². The van der Waals surface area contributed by atoms with Crippen LogP contribution in [0.3, 0.4) is 0 Å². The predicted octanol–water partition coefficient (Wildman–Crippen LogP) is 1.97. The number of hydrogen-bond donors (Lipinski definition) is 2. The van der Waals surface area contributed by atoms with Crippen molar-refractivity contribution in [1.29, 1.82) is 0 Å². The fourth-order valence-corrected chi connectivity index (χ4v) is 2.02. The Kier molecular flexibility index (Phi) is 6.28. The van der Waals surface area contributed by atoms with Crippen molar-refractivity contribution in [2.24, 2.45) is 5.73 Å². The van der Waals surface area contributed by atoms with Crippen LogP contribution in [-0.4, -0.2) is 32.3 Å². The van der Waals surface area contributed by atoms with Crippen LogP contribution in [-0.2, 0) is 11.3 Å². The molecule has 0 aromatic heterocycles. The summed E-state index contributed by atoms with van der Waals surface area (Å²) in [5.74, 6) is -0.338. The van der Waals surface area contributed by atoms with Gasteiger partial charge in [0.25, 0.3) is 5.91 Å². The van der Waals surface area contributed by atoms with Crippen molar-refractivity contribution in [3.8, 4) is 11.5 Å². The number of ether oxygens (including phenoxy) is 2. The Balaban J connectivity index is 2.69. The van der Waals surface area contributed by atoms with E-state index in [9.17, 15) is 18.0 Å². The maximum absolute atomic E-state index is 12.0. The van der Waals surface area contributed by atoms with E-state index in [1.807, 2.05) is 0 Å². The number of hydrogen-bond acceptors (Lipinski definition) is 4. The Hall–Kier alpha value is -1.48. The van der Waals surface area contributed by atoms with Crippen molar-refractivity contribution in [1.82, 2.24) is 5.32 Å². The second kappa shape index (κ2) is 7.51. The SMILES string of the molecule is COc1cc(CN)cc(Br)c1OCC(=O)NCC(F)(F)F. The van der Waals surface area contributed by atoms with Crippen molar-refractivity contribution in [3.63, 3.8) is 0 Å². The molecule has 0 fully saturated rings. The third-order valence-electron chi connectivity index (χ3n) is 2.36. The number of nitrogens with two attached hydrogens (primary N) is 1. The van der Waals surface area contributed by atoms with Gasteiger partial charge in [0.15, 0.2) is 18.1 Å². The van der Waals surface area contributed by atoms with Crippen LogP contribution in [0, 0.1) is 0 Å². The van der Waals surface area contributed by atoms with E-state index >= 15 is 0 Å². The molecular weight excluding hydrogens is 357 g/mol. The number of rotatable bonds is 6. The average Bonchev–Trinajstić information content (AvgIpc) is 2.42. The van der Waals surface area contributed by atoms with Gasteiger partial charge >= 0.3 is 6.18 Å². The first-order valence-electron chi connectivity index (χ1n) is 5.79. The van der Waals surface area contributed by atoms with Crippen molar-refractivity contribution >= 4 is 21.8 Å². The zero-order valence-electron chi connectivity index (χ0n) is 11.1. The predicted molar refractivity (Wildman–Crippen MR) is 73.1 cm³/mol. The minimum Gasteiger partial charge on any atom is -0.493 e. The molecule has 5 nitrogen and oxygen atoms in total. The molecule has 0 aliphatic carbocycles. The first-order valence-corrected chi connectivity index (χ1v) is 6.59. The second-order valence-corrected chi connectivity index (χ2v) is 4.85. The molecule has 0 aliphatic rings. The fraction of sp³-hybridized carbons (Fsp3) is 0.417. The van der Waals surface area contributed by atoms with Crippen molar-refractivity contribution < 1.29 is 27.4 Å². The lowest BCUT2D eigenvalue weighted by Crippen LogP contribution is -2.36. The highest BCUT2D eigenvalue weighted by atomic mass is 79.9. The number of halogens is 4. The maximum Gasteiger partial charge on any atom is 0.405 e. The summed E-state index contributed by atoms with van der Waals surface area (Å²) in [6.07, 6.45) is -4.46. The standard InChI is InChI=1S/C12H14BrF3N2O3/c1-20-9-3-7(4-17)2-8(13)11(9)21-5-10(19)18-6-12(14,15)16/h2-3H,4-6,17H2,1H3,(H,18,19). The Morgan fingerprint density at radius 2 is 2.10 bits per heavy atom. The smallest absolute Gasteiger partial charge is 0.405 e. The van der Waals surface area contributed by atoms with Crippen LogP contribution in [0.25, 0.3) is 0 Å². The molecule has 0 heterocycles. The van der Waals surface area contributed by atoms with Crippen LogP contribution in [0.1, 0.15) is 5.56 Å². The van der Waals surface area contributed by atoms with Crippen LogP contribution < -0.4 is 20.5 Å². The minimum atomic E-state index is -4.46. The number of benzene rings is 1. The van der Waals surface area contributed by atoms with Gasteiger partial charge in [-0.2, -0.15) is 13.2 Å². The molecule has 118 valence electrons. The van der Waals surface area contributed by atoms with Gasteiger partial charge in [0.1, 0.15) is 6.54 Å². The van der Waals surface area contributed by atoms with Gasteiger partial charge in [-0.25, -0.2) is 0 Å². The van der Waals surface area contributed by atoms with Gasteiger partial charge in [0, 0.05) is 6.54 Å². The zero-order chi connectivity index (χ0) is 16.0. The molecule has 0 unspecified atom stereocenters. The van der Waals surface area contributed by atoms with Crippen LogP contribution in [0.5, 0.6) is 11.5 Å². The number of amides is 1. The minimum absolute atomic E-state index is 0.219. The Bertz CT molecular complexity index is 509. The van der Waals surface area contributed by atoms with E-state index < -0.39 is 25.2 Å². The molecule has 0 radical (unpaired) electrons. The van der Waals surface area contributed by atoms with Crippen LogP contribution in [0.15, 0.2) is 16.6 Å². The van der Waals surface area contributed by atoms with Gasteiger partial charge in [0.2, 0.25) is 0 Å². The molecule has 0 atom stereocenters. The number of methoxy groups -OCH3 is 1. The van der Waals surface area contributed by atoms with Gasteiger partial charge in [-0.3, -0.25) is 4.79 Å². The van der Waals surface area contributed by atoms with E-state index in [2.05, 4.69) is 15.9 Å². The molecule has 1 rings (SSSR count). The maximum atomic E-state index is 12.0. The molecule has 0 saturated carbocycles. The monoisotopic (exact) mass is 370 g/mol. The molecule has 1 aromatic carbocycles. The Labute approximate surface area is 127 Å². The number of carbonyl (C=O) groups excluding carboxylic acids is 1. The fourth-order valence-electron chi connectivity index (χ4n) is 1.42. The summed E-state index contributed by atoms with van der Waals surface area (Å²) in [6, 6.07) is 3.29. The van der Waals surface area contributed by atoms with Gasteiger partial charge in [-0.15, -0.1) is 0 Å². The van der Waals surface area contributed by atoms with Gasteiger partial charge in [-0.05, 0) is 33.6 Å². The summed E-state index contributed by atoms with van der Waals surface area (Å²) >= 11 is 3.23. The Morgan fingerprint density at radius 3 is 2.62 bits per heavy atom. The highest BCUT2D eigenvalue weighted by molar-refractivity contribution is 9.10. The van der Waals surface area contributed by atoms with Crippen LogP contribution >= 0.6 is 15.9 Å². The van der Waals surface area contributed by atoms with Crippen molar-refractivity contribution in [2.75, 3.05) is 20.3 Å². The summed E-state index contributed by atoms with van der Waals surface area (Å²) in [7, 11) is 1.40. The van der Waals surface area contributed by atoms with E-state index in [0.717, 1.165) is 5.56 Å². The topological polar surface area (TPSA) is 73.6 Å². The quantitative estimate of drug-likeness (QED) is 0.802. The molecule has 1 aromatic rings. The summed E-state index contributed by atoms with van der Waals surface area (Å²) in [6.45, 7) is -1.69. The normalized spacial score (nSPS) is 11.1. The van der Waals surface area contributed by atoms with E-state index in [1.165, 1.54) is 7.11 Å². The van der Waals surface area contributed by atoms with E-state index in [0.29, 0.717) is 10.2 Å². The van der Waals surface area contributed by atoms with Crippen molar-refractivity contribution in [2.45, 2.75) is 12.7 Å². The highest BCUT2D eigenvalue weighted by Gasteiger charge is 2.27. The zero-order valence-corrected chi connectivity index (χ0v) is 12.7. The summed E-state index contributed by atoms with van der Waals surface area (Å²) < 4.78 is 46.6. The van der Waals surface area contributed by atoms with E-state index in [1.54, 1.807) is 17.4 Å². The number of nitrogens with one attached hydrogen (secondary N) is 1. The van der Waals surface area contributed by atoms with Crippen molar-refractivity contribution in [3.05, 3.63) is 22.2 Å². The molecule has 0 aliphatic heterocycles. The third-order valence-corrected chi connectivity index (χ3v) is 2.95. The number of carbonyl (C=O) groups is 1. The summed E-state index contributed by atoms with van der Waals surface area (Å²) in [5.41, 5.74) is 6.28. The first-order chi connectivity index (χ1) is 9.76. The molecule has 0 bridgehead atoms. The first kappa shape index (κ1) is 17.6. The van der Waals surface area contributed by atoms with Gasteiger partial charge in [0.05, 0.1) is 11.6 Å². The summed E-state index contributed by atoms with van der Waals surface area (Å²) in [4.78, 5) is 11.3. The molecule has 1 amide bonds. The second-order valence-electron chi connectivity index (χ2n) is 3.99. The highest BCUT2D eigenvalue weighted by Crippen LogP contribution is 2.36. The van der Waals surface area contributed by atoms with Gasteiger partial charge in [-0.1, -0.05) is 0 Å². The largest absolute Gasteiger partial charge is 0.493 e. The van der Waals surface area contributed by atoms with E-state index in [-0.39, 0.29) is 12.3 Å². The van der Waals surface area contributed by atoms with Crippen LogP contribution in [0.2, 0.25) is 0 Å².